The van der Waals surface area contributed by atoms with Crippen LogP contribution in [0.15, 0.2) is 36.4 Å². The summed E-state index contributed by atoms with van der Waals surface area (Å²) in [4.78, 5) is 39.0. The topological polar surface area (TPSA) is 75.7 Å². The number of aryl methyl sites for hydroxylation is 2. The summed E-state index contributed by atoms with van der Waals surface area (Å²) in [5.41, 5.74) is 1.58. The number of nitrogens with zero attached hydrogens (tertiary/aromatic N) is 1. The van der Waals surface area contributed by atoms with E-state index in [-0.39, 0.29) is 29.6 Å². The summed E-state index contributed by atoms with van der Waals surface area (Å²) >= 11 is 5.86. The minimum absolute atomic E-state index is 0.0545. The molecule has 1 atom stereocenters. The first-order valence-electron chi connectivity index (χ1n) is 10.8. The van der Waals surface area contributed by atoms with Crippen LogP contribution in [0.25, 0.3) is 0 Å². The summed E-state index contributed by atoms with van der Waals surface area (Å²) in [5, 5.41) is 2.13. The second kappa shape index (κ2) is 10.5. The molecule has 0 aromatic heterocycles. The van der Waals surface area contributed by atoms with E-state index >= 15 is 0 Å². The number of hydrogen-bond donors (Lipinski definition) is 1. The second-order valence-corrected chi connectivity index (χ2v) is 8.29. The lowest BCUT2D eigenvalue weighted by molar-refractivity contribution is -0.151. The molecular weight excluding hydrogens is 473 g/mol. The van der Waals surface area contributed by atoms with E-state index in [1.54, 1.807) is 4.90 Å². The number of benzene rings is 2. The van der Waals surface area contributed by atoms with E-state index in [2.05, 4.69) is 5.32 Å². The van der Waals surface area contributed by atoms with Crippen LogP contribution in [0.3, 0.4) is 0 Å². The third-order valence-electron chi connectivity index (χ3n) is 5.61. The zero-order chi connectivity index (χ0) is 25.0. The fourth-order valence-electron chi connectivity index (χ4n) is 3.88. The van der Waals surface area contributed by atoms with Gasteiger partial charge in [-0.1, -0.05) is 43.6 Å². The molecule has 0 aliphatic carbocycles. The first-order valence-corrected chi connectivity index (χ1v) is 11.2. The van der Waals surface area contributed by atoms with Crippen LogP contribution in [-0.2, 0) is 38.1 Å². The Morgan fingerprint density at radius 3 is 2.38 bits per heavy atom. The zero-order valence-corrected chi connectivity index (χ0v) is 19.4. The normalized spacial score (nSPS) is 16.0. The Hall–Kier alpha value is -3.07. The predicted octanol–water partition coefficient (Wildman–Crippen LogP) is 5.02. The third-order valence-corrected chi connectivity index (χ3v) is 5.94. The van der Waals surface area contributed by atoms with Crippen molar-refractivity contribution in [2.75, 3.05) is 23.4 Å². The van der Waals surface area contributed by atoms with Crippen molar-refractivity contribution in [1.82, 2.24) is 0 Å². The summed E-state index contributed by atoms with van der Waals surface area (Å²) in [6.45, 7) is 3.38. The van der Waals surface area contributed by atoms with Crippen LogP contribution in [0.5, 0.6) is 0 Å². The van der Waals surface area contributed by atoms with Crippen LogP contribution < -0.4 is 10.2 Å². The minimum atomic E-state index is -4.61. The van der Waals surface area contributed by atoms with E-state index < -0.39 is 36.1 Å². The van der Waals surface area contributed by atoms with Gasteiger partial charge in [-0.2, -0.15) is 13.2 Å². The van der Waals surface area contributed by atoms with Crippen molar-refractivity contribution in [3.05, 3.63) is 58.1 Å². The van der Waals surface area contributed by atoms with Crippen molar-refractivity contribution < 1.29 is 32.3 Å². The van der Waals surface area contributed by atoms with Gasteiger partial charge in [0.05, 0.1) is 22.2 Å². The number of nitrogens with one attached hydrogen (secondary N) is 1. The Morgan fingerprint density at radius 1 is 1.15 bits per heavy atom. The first kappa shape index (κ1) is 25.6. The Labute approximate surface area is 200 Å². The lowest BCUT2D eigenvalue weighted by Crippen LogP contribution is -2.29. The second-order valence-electron chi connectivity index (χ2n) is 7.89. The highest BCUT2D eigenvalue weighted by Crippen LogP contribution is 2.34. The van der Waals surface area contributed by atoms with E-state index in [0.717, 1.165) is 41.8 Å². The molecule has 0 unspecified atom stereocenters. The van der Waals surface area contributed by atoms with Crippen LogP contribution >= 0.6 is 11.6 Å². The highest BCUT2D eigenvalue weighted by Gasteiger charge is 2.38. The zero-order valence-electron chi connectivity index (χ0n) is 18.7. The molecular formula is C24H24ClF3N2O4. The summed E-state index contributed by atoms with van der Waals surface area (Å²) in [5.74, 6) is -2.54. The van der Waals surface area contributed by atoms with Crippen molar-refractivity contribution in [2.24, 2.45) is 5.92 Å². The number of ether oxygens (including phenoxy) is 1. The molecule has 1 heterocycles. The quantitative estimate of drug-likeness (QED) is 0.546. The van der Waals surface area contributed by atoms with E-state index in [9.17, 15) is 27.6 Å². The smallest absolute Gasteiger partial charge is 0.416 e. The third kappa shape index (κ3) is 5.70. The number of anilines is 2. The van der Waals surface area contributed by atoms with Gasteiger partial charge in [0.2, 0.25) is 5.91 Å². The molecule has 182 valence electrons. The number of rotatable bonds is 7. The predicted molar refractivity (Wildman–Crippen MR) is 122 cm³/mol. The molecule has 10 heteroatoms. The highest BCUT2D eigenvalue weighted by molar-refractivity contribution is 6.33. The maximum absolute atomic E-state index is 12.9. The van der Waals surface area contributed by atoms with Gasteiger partial charge >= 0.3 is 12.1 Å². The minimum Gasteiger partial charge on any atom is -0.455 e. The molecule has 0 spiro atoms. The Morgan fingerprint density at radius 2 is 1.79 bits per heavy atom. The number of para-hydroxylation sites is 1. The molecule has 1 N–H and O–H groups in total. The molecule has 3 rings (SSSR count). The summed E-state index contributed by atoms with van der Waals surface area (Å²) in [6.07, 6.45) is -3.22. The van der Waals surface area contributed by atoms with Gasteiger partial charge in [-0.25, -0.2) is 0 Å². The van der Waals surface area contributed by atoms with E-state index in [4.69, 9.17) is 16.3 Å². The largest absolute Gasteiger partial charge is 0.455 e. The van der Waals surface area contributed by atoms with Crippen LogP contribution in [0.2, 0.25) is 5.02 Å². The van der Waals surface area contributed by atoms with Gasteiger partial charge in [-0.3, -0.25) is 14.4 Å². The van der Waals surface area contributed by atoms with Gasteiger partial charge in [0, 0.05) is 18.7 Å². The number of halogens is 4. The van der Waals surface area contributed by atoms with E-state index in [1.807, 2.05) is 32.0 Å². The summed E-state index contributed by atoms with van der Waals surface area (Å²) < 4.78 is 43.7. The summed E-state index contributed by atoms with van der Waals surface area (Å²) in [7, 11) is 0. The number of esters is 1. The van der Waals surface area contributed by atoms with Crippen molar-refractivity contribution in [1.29, 1.82) is 0 Å². The molecule has 0 saturated carbocycles. The molecule has 34 heavy (non-hydrogen) atoms. The van der Waals surface area contributed by atoms with Gasteiger partial charge in [0.1, 0.15) is 0 Å². The molecule has 0 radical (unpaired) electrons. The molecule has 2 amide bonds. The van der Waals surface area contributed by atoms with Crippen LogP contribution in [-0.4, -0.2) is 30.9 Å². The van der Waals surface area contributed by atoms with Crippen molar-refractivity contribution in [2.45, 2.75) is 39.3 Å². The van der Waals surface area contributed by atoms with Crippen LogP contribution in [0.4, 0.5) is 24.5 Å². The molecule has 6 nitrogen and oxygen atoms in total. The maximum Gasteiger partial charge on any atom is 0.416 e. The lowest BCUT2D eigenvalue weighted by atomic mass is 10.0. The van der Waals surface area contributed by atoms with Gasteiger partial charge in [0.25, 0.3) is 5.91 Å². The number of hydrogen-bond acceptors (Lipinski definition) is 4. The standard InChI is InChI=1S/C24H24ClF3N2O4/c1-3-14-6-5-7-15(4-2)22(14)30-12-16(10-21(30)32)23(33)34-13-20(31)29-19-11-17(24(26,27)28)8-9-18(19)25/h5-9,11,16H,3-4,10,12-13H2,1-2H3,(H,29,31)/t16-/m1/s1. The van der Waals surface area contributed by atoms with Gasteiger partial charge in [0.15, 0.2) is 6.61 Å². The maximum atomic E-state index is 12.9. The number of alkyl halides is 3. The molecule has 0 bridgehead atoms. The number of carbonyl (C=O) groups is 3. The first-order chi connectivity index (χ1) is 16.0. The van der Waals surface area contributed by atoms with Crippen LogP contribution in [0.1, 0.15) is 37.0 Å². The average molecular weight is 497 g/mol. The highest BCUT2D eigenvalue weighted by atomic mass is 35.5. The van der Waals surface area contributed by atoms with Gasteiger partial charge in [-0.15, -0.1) is 0 Å². The molecule has 2 aromatic carbocycles. The lowest BCUT2D eigenvalue weighted by Gasteiger charge is -2.23. The van der Waals surface area contributed by atoms with Crippen molar-refractivity contribution >= 4 is 40.8 Å². The fourth-order valence-corrected chi connectivity index (χ4v) is 4.05. The SMILES string of the molecule is CCc1cccc(CC)c1N1C[C@H](C(=O)OCC(=O)Nc2cc(C(F)(F)F)ccc2Cl)CC1=O. The van der Waals surface area contributed by atoms with Crippen molar-refractivity contribution in [3.8, 4) is 0 Å². The Bertz CT molecular complexity index is 1080. The Balaban J connectivity index is 1.63. The molecule has 1 fully saturated rings. The van der Waals surface area contributed by atoms with Gasteiger partial charge < -0.3 is 15.0 Å². The molecule has 1 aliphatic rings. The average Bonchev–Trinajstić information content (AvgIpc) is 3.18. The fraction of sp³-hybridized carbons (Fsp3) is 0.375. The van der Waals surface area contributed by atoms with Crippen LogP contribution in [0, 0.1) is 5.92 Å². The monoisotopic (exact) mass is 496 g/mol. The molecule has 2 aromatic rings. The Kier molecular flexibility index (Phi) is 7.86. The van der Waals surface area contributed by atoms with E-state index in [0.29, 0.717) is 6.07 Å². The molecule has 1 saturated heterocycles. The number of amides is 2. The number of carbonyl (C=O) groups excluding carboxylic acids is 3. The van der Waals surface area contributed by atoms with E-state index in [1.165, 1.54) is 0 Å². The summed E-state index contributed by atoms with van der Waals surface area (Å²) in [6, 6.07) is 8.33. The van der Waals surface area contributed by atoms with Crippen molar-refractivity contribution in [3.63, 3.8) is 0 Å². The van der Waals surface area contributed by atoms with Gasteiger partial charge in [-0.05, 0) is 42.2 Å². The molecule has 1 aliphatic heterocycles.